The summed E-state index contributed by atoms with van der Waals surface area (Å²) in [5.74, 6) is -1.63. The van der Waals surface area contributed by atoms with E-state index in [1.807, 2.05) is 50.2 Å². The highest BCUT2D eigenvalue weighted by atomic mass is 79.9. The van der Waals surface area contributed by atoms with Crippen LogP contribution in [0, 0.1) is 12.8 Å². The molecule has 1 N–H and O–H groups in total. The molecule has 0 radical (unpaired) electrons. The van der Waals surface area contributed by atoms with E-state index in [2.05, 4.69) is 21.2 Å². The van der Waals surface area contributed by atoms with E-state index in [4.69, 9.17) is 4.74 Å². The molecule has 2 amide bonds. The highest BCUT2D eigenvalue weighted by Gasteiger charge is 2.36. The number of halogens is 1. The van der Waals surface area contributed by atoms with Crippen LogP contribution in [0.2, 0.25) is 0 Å². The predicted octanol–water partition coefficient (Wildman–Crippen LogP) is 3.85. The van der Waals surface area contributed by atoms with E-state index >= 15 is 0 Å². The zero-order valence-electron chi connectivity index (χ0n) is 16.4. The zero-order chi connectivity index (χ0) is 21.0. The molecule has 6 nitrogen and oxygen atoms in total. The fourth-order valence-electron chi connectivity index (χ4n) is 3.33. The molecule has 1 fully saturated rings. The third-order valence-corrected chi connectivity index (χ3v) is 5.33. The Morgan fingerprint density at radius 3 is 2.76 bits per heavy atom. The molecular weight excluding hydrogens is 436 g/mol. The Kier molecular flexibility index (Phi) is 6.69. The Hall–Kier alpha value is -2.67. The molecule has 1 aliphatic rings. The first kappa shape index (κ1) is 21.0. The van der Waals surface area contributed by atoms with Crippen LogP contribution in [0.3, 0.4) is 0 Å². The van der Waals surface area contributed by atoms with Gasteiger partial charge in [-0.1, -0.05) is 35.0 Å². The molecule has 0 unspecified atom stereocenters. The first-order valence-corrected chi connectivity index (χ1v) is 10.3. The second kappa shape index (κ2) is 9.22. The normalized spacial score (nSPS) is 16.0. The van der Waals surface area contributed by atoms with Crippen molar-refractivity contribution < 1.29 is 19.1 Å². The number of anilines is 2. The Balaban J connectivity index is 1.54. The van der Waals surface area contributed by atoms with E-state index in [0.29, 0.717) is 5.69 Å². The Morgan fingerprint density at radius 1 is 1.24 bits per heavy atom. The summed E-state index contributed by atoms with van der Waals surface area (Å²) < 4.78 is 6.11. The highest BCUT2D eigenvalue weighted by molar-refractivity contribution is 9.10. The molecule has 3 rings (SSSR count). The number of nitrogens with one attached hydrogen (secondary N) is 1. The van der Waals surface area contributed by atoms with Crippen molar-refractivity contribution >= 4 is 45.1 Å². The molecule has 2 aromatic carbocycles. The third kappa shape index (κ3) is 5.23. The number of carbonyl (C=O) groups excluding carboxylic acids is 3. The van der Waals surface area contributed by atoms with Crippen molar-refractivity contribution in [1.29, 1.82) is 0 Å². The minimum Gasteiger partial charge on any atom is -0.455 e. The number of nitrogens with zero attached hydrogens (tertiary/aromatic N) is 1. The number of ether oxygens (including phenoxy) is 1. The number of hydrogen-bond acceptors (Lipinski definition) is 4. The average Bonchev–Trinajstić information content (AvgIpc) is 3.09. The standard InChI is InChI=1S/C22H23BrN2O4/c1-3-15-10-17(23)7-8-19(15)24-20(26)13-29-22(28)16-11-21(27)25(12-16)18-6-4-5-14(2)9-18/h4-10,16H,3,11-13H2,1-2H3,(H,24,26)/t16-/m1/s1. The first-order valence-electron chi connectivity index (χ1n) is 9.49. The van der Waals surface area contributed by atoms with Crippen LogP contribution in [0.15, 0.2) is 46.9 Å². The minimum atomic E-state index is -0.574. The topological polar surface area (TPSA) is 75.7 Å². The Bertz CT molecular complexity index is 944. The van der Waals surface area contributed by atoms with Crippen LogP contribution in [0.1, 0.15) is 24.5 Å². The second-order valence-electron chi connectivity index (χ2n) is 7.06. The average molecular weight is 459 g/mol. The maximum atomic E-state index is 12.4. The molecule has 0 aliphatic carbocycles. The van der Waals surface area contributed by atoms with E-state index in [1.165, 1.54) is 0 Å². The third-order valence-electron chi connectivity index (χ3n) is 4.84. The summed E-state index contributed by atoms with van der Waals surface area (Å²) in [5, 5.41) is 2.77. The summed E-state index contributed by atoms with van der Waals surface area (Å²) in [4.78, 5) is 38.5. The molecule has 1 atom stereocenters. The lowest BCUT2D eigenvalue weighted by molar-refractivity contribution is -0.151. The summed E-state index contributed by atoms with van der Waals surface area (Å²) in [7, 11) is 0. The number of aryl methyl sites for hydroxylation is 2. The molecule has 1 aliphatic heterocycles. The molecule has 2 aromatic rings. The summed E-state index contributed by atoms with van der Waals surface area (Å²) >= 11 is 3.41. The molecule has 0 saturated carbocycles. The van der Waals surface area contributed by atoms with Crippen molar-refractivity contribution in [3.05, 3.63) is 58.1 Å². The lowest BCUT2D eigenvalue weighted by Gasteiger charge is -2.17. The molecule has 7 heteroatoms. The van der Waals surface area contributed by atoms with Crippen molar-refractivity contribution in [2.75, 3.05) is 23.4 Å². The Morgan fingerprint density at radius 2 is 2.03 bits per heavy atom. The van der Waals surface area contributed by atoms with Gasteiger partial charge in [0.1, 0.15) is 0 Å². The van der Waals surface area contributed by atoms with E-state index in [-0.39, 0.29) is 25.5 Å². The van der Waals surface area contributed by atoms with Crippen molar-refractivity contribution in [3.63, 3.8) is 0 Å². The van der Waals surface area contributed by atoms with Gasteiger partial charge in [0, 0.05) is 28.8 Å². The quantitative estimate of drug-likeness (QED) is 0.666. The van der Waals surface area contributed by atoms with Gasteiger partial charge in [-0.05, 0) is 54.8 Å². The van der Waals surface area contributed by atoms with Gasteiger partial charge in [0.25, 0.3) is 5.91 Å². The van der Waals surface area contributed by atoms with Gasteiger partial charge in [-0.3, -0.25) is 14.4 Å². The lowest BCUT2D eigenvalue weighted by Crippen LogP contribution is -2.28. The number of benzene rings is 2. The van der Waals surface area contributed by atoms with E-state index in [1.54, 1.807) is 11.0 Å². The van der Waals surface area contributed by atoms with Crippen LogP contribution in [-0.4, -0.2) is 30.9 Å². The lowest BCUT2D eigenvalue weighted by atomic mass is 10.1. The summed E-state index contributed by atoms with van der Waals surface area (Å²) in [6.45, 7) is 3.82. The fraction of sp³-hybridized carbons (Fsp3) is 0.318. The van der Waals surface area contributed by atoms with Crippen LogP contribution in [0.4, 0.5) is 11.4 Å². The highest BCUT2D eigenvalue weighted by Crippen LogP contribution is 2.26. The van der Waals surface area contributed by atoms with Crippen LogP contribution in [0.25, 0.3) is 0 Å². The van der Waals surface area contributed by atoms with Crippen LogP contribution in [0.5, 0.6) is 0 Å². The molecule has 1 heterocycles. The predicted molar refractivity (Wildman–Crippen MR) is 115 cm³/mol. The molecule has 29 heavy (non-hydrogen) atoms. The van der Waals surface area contributed by atoms with E-state index in [9.17, 15) is 14.4 Å². The van der Waals surface area contributed by atoms with Crippen molar-refractivity contribution in [1.82, 2.24) is 0 Å². The SMILES string of the molecule is CCc1cc(Br)ccc1NC(=O)COC(=O)[C@@H]1CC(=O)N(c2cccc(C)c2)C1. The molecule has 1 saturated heterocycles. The maximum absolute atomic E-state index is 12.4. The van der Waals surface area contributed by atoms with Gasteiger partial charge in [0.2, 0.25) is 5.91 Å². The van der Waals surface area contributed by atoms with Gasteiger partial charge in [-0.15, -0.1) is 0 Å². The zero-order valence-corrected chi connectivity index (χ0v) is 18.0. The van der Waals surface area contributed by atoms with Crippen LogP contribution < -0.4 is 10.2 Å². The van der Waals surface area contributed by atoms with Crippen molar-refractivity contribution in [3.8, 4) is 0 Å². The smallest absolute Gasteiger partial charge is 0.311 e. The number of esters is 1. The molecule has 0 spiro atoms. The van der Waals surface area contributed by atoms with Gasteiger partial charge in [-0.25, -0.2) is 0 Å². The second-order valence-corrected chi connectivity index (χ2v) is 7.97. The maximum Gasteiger partial charge on any atom is 0.311 e. The number of rotatable bonds is 6. The van der Waals surface area contributed by atoms with E-state index < -0.39 is 17.8 Å². The molecule has 0 bridgehead atoms. The van der Waals surface area contributed by atoms with Crippen LogP contribution in [-0.2, 0) is 25.5 Å². The monoisotopic (exact) mass is 458 g/mol. The summed E-state index contributed by atoms with van der Waals surface area (Å²) in [5.41, 5.74) is 3.48. The van der Waals surface area contributed by atoms with Crippen molar-refractivity contribution in [2.24, 2.45) is 5.92 Å². The Labute approximate surface area is 178 Å². The van der Waals surface area contributed by atoms with Gasteiger partial charge >= 0.3 is 5.97 Å². The summed E-state index contributed by atoms with van der Waals surface area (Å²) in [6.07, 6.45) is 0.842. The number of carbonyl (C=O) groups is 3. The van der Waals surface area contributed by atoms with Crippen molar-refractivity contribution in [2.45, 2.75) is 26.7 Å². The fourth-order valence-corrected chi connectivity index (χ4v) is 3.74. The number of hydrogen-bond donors (Lipinski definition) is 1. The van der Waals surface area contributed by atoms with Crippen LogP contribution >= 0.6 is 15.9 Å². The van der Waals surface area contributed by atoms with E-state index in [0.717, 1.165) is 27.7 Å². The summed E-state index contributed by atoms with van der Waals surface area (Å²) in [6, 6.07) is 13.1. The van der Waals surface area contributed by atoms with Gasteiger partial charge in [-0.2, -0.15) is 0 Å². The van der Waals surface area contributed by atoms with Gasteiger partial charge in [0.15, 0.2) is 6.61 Å². The number of amides is 2. The molecular formula is C22H23BrN2O4. The molecule has 152 valence electrons. The van der Waals surface area contributed by atoms with Gasteiger partial charge in [0.05, 0.1) is 5.92 Å². The van der Waals surface area contributed by atoms with Gasteiger partial charge < -0.3 is 15.0 Å². The minimum absolute atomic E-state index is 0.0844. The molecule has 0 aromatic heterocycles. The first-order chi connectivity index (χ1) is 13.9. The largest absolute Gasteiger partial charge is 0.455 e.